The molecular weight excluding hydrogens is 230 g/mol. The van der Waals surface area contributed by atoms with E-state index in [4.69, 9.17) is 0 Å². The maximum absolute atomic E-state index is 9.52. The molecule has 0 aliphatic heterocycles. The average molecular weight is 250 g/mol. The Morgan fingerprint density at radius 2 is 2.08 bits per heavy atom. The lowest BCUT2D eigenvalue weighted by atomic mass is 10.2. The third-order valence-electron chi connectivity index (χ3n) is 2.54. The minimum atomic E-state index is -0.221. The second-order valence-electron chi connectivity index (χ2n) is 4.30. The molecule has 2 nitrogen and oxygen atoms in total. The topological polar surface area (TPSA) is 23.5 Å². The number of aliphatic hydroxyl groups is 1. The molecule has 0 aromatic heterocycles. The lowest BCUT2D eigenvalue weighted by Gasteiger charge is -2.28. The van der Waals surface area contributed by atoms with Crippen molar-refractivity contribution in [2.24, 2.45) is 5.92 Å². The van der Waals surface area contributed by atoms with Gasteiger partial charge in [-0.15, -0.1) is 0 Å². The highest BCUT2D eigenvalue weighted by Gasteiger charge is 2.26. The van der Waals surface area contributed by atoms with E-state index in [1.165, 1.54) is 19.4 Å². The van der Waals surface area contributed by atoms with Crippen LogP contribution in [0.15, 0.2) is 0 Å². The highest BCUT2D eigenvalue weighted by molar-refractivity contribution is 9.09. The fourth-order valence-corrected chi connectivity index (χ4v) is 1.65. The van der Waals surface area contributed by atoms with Gasteiger partial charge >= 0.3 is 0 Å². The van der Waals surface area contributed by atoms with Crippen molar-refractivity contribution in [1.29, 1.82) is 0 Å². The SMILES string of the molecule is CC(C)N(CC(O)CBr)CC1CC1. The second-order valence-corrected chi connectivity index (χ2v) is 4.95. The molecule has 1 aliphatic rings. The number of nitrogens with zero attached hydrogens (tertiary/aromatic N) is 1. The van der Waals surface area contributed by atoms with Crippen LogP contribution in [0.2, 0.25) is 0 Å². The van der Waals surface area contributed by atoms with Gasteiger partial charge in [-0.25, -0.2) is 0 Å². The molecule has 0 radical (unpaired) electrons. The summed E-state index contributed by atoms with van der Waals surface area (Å²) < 4.78 is 0. The second kappa shape index (κ2) is 5.32. The molecule has 13 heavy (non-hydrogen) atoms. The van der Waals surface area contributed by atoms with E-state index in [1.54, 1.807) is 0 Å². The van der Waals surface area contributed by atoms with Gasteiger partial charge in [-0.3, -0.25) is 4.90 Å². The summed E-state index contributed by atoms with van der Waals surface area (Å²) in [6.07, 6.45) is 2.54. The quantitative estimate of drug-likeness (QED) is 0.727. The highest BCUT2D eigenvalue weighted by atomic mass is 79.9. The molecular formula is C10H20BrNO. The van der Waals surface area contributed by atoms with Crippen LogP contribution in [0.3, 0.4) is 0 Å². The molecule has 1 aliphatic carbocycles. The molecule has 0 aromatic rings. The van der Waals surface area contributed by atoms with Crippen molar-refractivity contribution < 1.29 is 5.11 Å². The van der Waals surface area contributed by atoms with Crippen molar-refractivity contribution in [3.05, 3.63) is 0 Å². The van der Waals surface area contributed by atoms with Crippen LogP contribution >= 0.6 is 15.9 Å². The largest absolute Gasteiger partial charge is 0.391 e. The van der Waals surface area contributed by atoms with Crippen LogP contribution in [0.5, 0.6) is 0 Å². The number of halogens is 1. The van der Waals surface area contributed by atoms with Crippen LogP contribution in [0.1, 0.15) is 26.7 Å². The van der Waals surface area contributed by atoms with Gasteiger partial charge < -0.3 is 5.11 Å². The third kappa shape index (κ3) is 4.43. The number of rotatable bonds is 6. The summed E-state index contributed by atoms with van der Waals surface area (Å²) in [6.45, 7) is 6.37. The Hall–Kier alpha value is 0.400. The predicted octanol–water partition coefficient (Wildman–Crippen LogP) is 1.86. The Morgan fingerprint density at radius 3 is 2.46 bits per heavy atom. The lowest BCUT2D eigenvalue weighted by molar-refractivity contribution is 0.108. The predicted molar refractivity (Wildman–Crippen MR) is 59.2 cm³/mol. The van der Waals surface area contributed by atoms with Crippen molar-refractivity contribution in [2.45, 2.75) is 38.8 Å². The van der Waals surface area contributed by atoms with Crippen molar-refractivity contribution in [2.75, 3.05) is 18.4 Å². The third-order valence-corrected chi connectivity index (χ3v) is 3.29. The molecule has 3 heteroatoms. The van der Waals surface area contributed by atoms with Crippen LogP contribution < -0.4 is 0 Å². The van der Waals surface area contributed by atoms with E-state index in [0.29, 0.717) is 11.4 Å². The van der Waals surface area contributed by atoms with Gasteiger partial charge in [-0.1, -0.05) is 15.9 Å². The summed E-state index contributed by atoms with van der Waals surface area (Å²) in [6, 6.07) is 0.550. The van der Waals surface area contributed by atoms with E-state index in [1.807, 2.05) is 0 Å². The van der Waals surface area contributed by atoms with Gasteiger partial charge in [-0.2, -0.15) is 0 Å². The zero-order valence-corrected chi connectivity index (χ0v) is 10.1. The number of hydrogen-bond acceptors (Lipinski definition) is 2. The van der Waals surface area contributed by atoms with Gasteiger partial charge in [0.05, 0.1) is 6.10 Å². The van der Waals surface area contributed by atoms with E-state index in [2.05, 4.69) is 34.7 Å². The van der Waals surface area contributed by atoms with E-state index in [-0.39, 0.29) is 6.10 Å². The number of hydrogen-bond donors (Lipinski definition) is 1. The molecule has 78 valence electrons. The van der Waals surface area contributed by atoms with Gasteiger partial charge in [0.15, 0.2) is 0 Å². The molecule has 0 heterocycles. The first-order chi connectivity index (χ1) is 6.13. The minimum absolute atomic E-state index is 0.221. The van der Waals surface area contributed by atoms with Crippen molar-refractivity contribution in [3.8, 4) is 0 Å². The first-order valence-electron chi connectivity index (χ1n) is 5.11. The van der Waals surface area contributed by atoms with Gasteiger partial charge in [-0.05, 0) is 32.6 Å². The summed E-state index contributed by atoms with van der Waals surface area (Å²) >= 11 is 3.30. The van der Waals surface area contributed by atoms with E-state index < -0.39 is 0 Å². The Morgan fingerprint density at radius 1 is 1.46 bits per heavy atom. The van der Waals surface area contributed by atoms with E-state index in [9.17, 15) is 5.11 Å². The summed E-state index contributed by atoms with van der Waals surface area (Å²) in [7, 11) is 0. The number of aliphatic hydroxyl groups excluding tert-OH is 1. The molecule has 1 N–H and O–H groups in total. The molecule has 1 saturated carbocycles. The first-order valence-corrected chi connectivity index (χ1v) is 6.23. The number of alkyl halides is 1. The standard InChI is InChI=1S/C10H20BrNO/c1-8(2)12(6-9-3-4-9)7-10(13)5-11/h8-10,13H,3-7H2,1-2H3. The zero-order chi connectivity index (χ0) is 9.84. The maximum Gasteiger partial charge on any atom is 0.0763 e. The zero-order valence-electron chi connectivity index (χ0n) is 8.54. The fourth-order valence-electron chi connectivity index (χ4n) is 1.45. The van der Waals surface area contributed by atoms with Crippen LogP contribution in [0.25, 0.3) is 0 Å². The van der Waals surface area contributed by atoms with E-state index in [0.717, 1.165) is 12.5 Å². The van der Waals surface area contributed by atoms with Crippen molar-refractivity contribution in [1.82, 2.24) is 4.90 Å². The molecule has 1 fully saturated rings. The summed E-state index contributed by atoms with van der Waals surface area (Å²) in [5.41, 5.74) is 0. The van der Waals surface area contributed by atoms with Crippen LogP contribution in [0, 0.1) is 5.92 Å². The summed E-state index contributed by atoms with van der Waals surface area (Å²) in [5, 5.41) is 10.2. The Bertz CT molecular complexity index is 148. The molecule has 1 rings (SSSR count). The smallest absolute Gasteiger partial charge is 0.0763 e. The average Bonchev–Trinajstić information content (AvgIpc) is 2.86. The normalized spacial score (nSPS) is 19.8. The Kier molecular flexibility index (Phi) is 4.70. The Balaban J connectivity index is 2.27. The molecule has 0 bridgehead atoms. The van der Waals surface area contributed by atoms with Crippen molar-refractivity contribution >= 4 is 15.9 Å². The maximum atomic E-state index is 9.52. The highest BCUT2D eigenvalue weighted by Crippen LogP contribution is 2.30. The monoisotopic (exact) mass is 249 g/mol. The molecule has 0 saturated heterocycles. The summed E-state index contributed by atoms with van der Waals surface area (Å²) in [5.74, 6) is 0.907. The van der Waals surface area contributed by atoms with Gasteiger partial charge in [0, 0.05) is 24.5 Å². The van der Waals surface area contributed by atoms with Gasteiger partial charge in [0.25, 0.3) is 0 Å². The minimum Gasteiger partial charge on any atom is -0.391 e. The van der Waals surface area contributed by atoms with Gasteiger partial charge in [0.2, 0.25) is 0 Å². The molecule has 0 spiro atoms. The Labute approximate surface area is 89.4 Å². The molecule has 0 aromatic carbocycles. The van der Waals surface area contributed by atoms with E-state index >= 15 is 0 Å². The van der Waals surface area contributed by atoms with Crippen LogP contribution in [-0.2, 0) is 0 Å². The van der Waals surface area contributed by atoms with Crippen LogP contribution in [-0.4, -0.2) is 40.6 Å². The summed E-state index contributed by atoms with van der Waals surface area (Å²) in [4.78, 5) is 2.38. The van der Waals surface area contributed by atoms with Crippen molar-refractivity contribution in [3.63, 3.8) is 0 Å². The molecule has 0 amide bonds. The molecule has 1 unspecified atom stereocenters. The van der Waals surface area contributed by atoms with Crippen LogP contribution in [0.4, 0.5) is 0 Å². The fraction of sp³-hybridized carbons (Fsp3) is 1.00. The molecule has 1 atom stereocenters. The lowest BCUT2D eigenvalue weighted by Crippen LogP contribution is -2.39. The van der Waals surface area contributed by atoms with Gasteiger partial charge in [0.1, 0.15) is 0 Å². The first kappa shape index (κ1) is 11.5.